The number of nitrogens with one attached hydrogen (secondary N) is 3. The van der Waals surface area contributed by atoms with Gasteiger partial charge in [-0.1, -0.05) is 0 Å². The van der Waals surface area contributed by atoms with Gasteiger partial charge in [0.2, 0.25) is 5.96 Å². The highest BCUT2D eigenvalue weighted by molar-refractivity contribution is 6.00. The van der Waals surface area contributed by atoms with E-state index in [1.165, 1.54) is 0 Å². The van der Waals surface area contributed by atoms with Gasteiger partial charge < -0.3 is 19.9 Å². The van der Waals surface area contributed by atoms with Crippen molar-refractivity contribution in [1.29, 1.82) is 5.41 Å². The van der Waals surface area contributed by atoms with Crippen LogP contribution in [-0.4, -0.2) is 64.0 Å². The Morgan fingerprint density at radius 1 is 1.12 bits per heavy atom. The Labute approximate surface area is 152 Å². The van der Waals surface area contributed by atoms with Crippen LogP contribution in [0.4, 0.5) is 9.59 Å². The summed E-state index contributed by atoms with van der Waals surface area (Å²) < 4.78 is 10.4. The van der Waals surface area contributed by atoms with Gasteiger partial charge in [-0.3, -0.25) is 15.5 Å². The zero-order valence-electron chi connectivity index (χ0n) is 16.0. The summed E-state index contributed by atoms with van der Waals surface area (Å²) in [5.74, 6) is -1.59. The molecule has 1 rings (SSSR count). The number of nitrogens with zero attached hydrogens (tertiary/aromatic N) is 1. The maximum Gasteiger partial charge on any atom is 0.417 e. The molecule has 0 aliphatic carbocycles. The molecule has 0 aromatic heterocycles. The lowest BCUT2D eigenvalue weighted by Gasteiger charge is -2.31. The highest BCUT2D eigenvalue weighted by atomic mass is 16.6. The predicted octanol–water partition coefficient (Wildman–Crippen LogP) is 1.50. The van der Waals surface area contributed by atoms with Crippen LogP contribution in [0.3, 0.4) is 0 Å². The molecule has 0 saturated carbocycles. The van der Waals surface area contributed by atoms with Crippen LogP contribution in [0.5, 0.6) is 0 Å². The first-order valence-electron chi connectivity index (χ1n) is 8.26. The van der Waals surface area contributed by atoms with Gasteiger partial charge in [-0.05, 0) is 48.0 Å². The second-order valence-electron chi connectivity index (χ2n) is 8.01. The molecule has 1 fully saturated rings. The lowest BCUT2D eigenvalue weighted by atomic mass is 10.1. The predicted molar refractivity (Wildman–Crippen MR) is 93.0 cm³/mol. The summed E-state index contributed by atoms with van der Waals surface area (Å²) in [5.41, 5.74) is -1.59. The van der Waals surface area contributed by atoms with Gasteiger partial charge in [0, 0.05) is 6.54 Å². The van der Waals surface area contributed by atoms with Crippen LogP contribution in [0.1, 0.15) is 48.0 Å². The number of hydrogen-bond acceptors (Lipinski definition) is 7. The fourth-order valence-electron chi connectivity index (χ4n) is 2.30. The summed E-state index contributed by atoms with van der Waals surface area (Å²) in [6.45, 7) is 10.2. The zero-order chi connectivity index (χ0) is 20.3. The van der Waals surface area contributed by atoms with Crippen LogP contribution in [0, 0.1) is 5.41 Å². The molecular weight excluding hydrogens is 344 g/mol. The quantitative estimate of drug-likeness (QED) is 0.425. The summed E-state index contributed by atoms with van der Waals surface area (Å²) in [6, 6.07) is -1.51. The summed E-state index contributed by atoms with van der Waals surface area (Å²) in [6.07, 6.45) is -1.67. The number of carbonyl (C=O) groups is 3. The molecule has 2 atom stereocenters. The molecule has 10 heteroatoms. The molecule has 0 aromatic carbocycles. The smallest absolute Gasteiger partial charge is 0.417 e. The molecular formula is C16H28N4O6. The molecule has 10 nitrogen and oxygen atoms in total. The Hall–Kier alpha value is -2.36. The molecule has 1 saturated heterocycles. The second kappa shape index (κ2) is 7.90. The molecule has 0 radical (unpaired) electrons. The Kier molecular flexibility index (Phi) is 6.59. The summed E-state index contributed by atoms with van der Waals surface area (Å²) in [4.78, 5) is 36.5. The van der Waals surface area contributed by atoms with Gasteiger partial charge in [0.1, 0.15) is 17.2 Å². The average Bonchev–Trinajstić information content (AvgIpc) is 2.83. The maximum absolute atomic E-state index is 12.5. The van der Waals surface area contributed by atoms with E-state index in [-0.39, 0.29) is 13.0 Å². The number of carboxylic acid groups (broad SMARTS) is 1. The summed E-state index contributed by atoms with van der Waals surface area (Å²) in [5, 5.41) is 22.2. The maximum atomic E-state index is 12.5. The first-order chi connectivity index (χ1) is 11.7. The molecule has 0 bridgehead atoms. The molecule has 0 aromatic rings. The fourth-order valence-corrected chi connectivity index (χ4v) is 2.30. The van der Waals surface area contributed by atoms with Crippen LogP contribution < -0.4 is 10.6 Å². The van der Waals surface area contributed by atoms with Crippen molar-refractivity contribution in [2.45, 2.75) is 71.2 Å². The van der Waals surface area contributed by atoms with Crippen LogP contribution in [0.2, 0.25) is 0 Å². The van der Waals surface area contributed by atoms with E-state index in [9.17, 15) is 14.4 Å². The molecule has 1 aliphatic rings. The average molecular weight is 372 g/mol. The number of amides is 2. The number of guanidine groups is 1. The summed E-state index contributed by atoms with van der Waals surface area (Å²) in [7, 11) is 0. The number of carbonyl (C=O) groups excluding carboxylic acids is 2. The lowest BCUT2D eigenvalue weighted by Crippen LogP contribution is -2.54. The van der Waals surface area contributed by atoms with Gasteiger partial charge in [-0.2, -0.15) is 0 Å². The van der Waals surface area contributed by atoms with E-state index in [1.807, 2.05) is 0 Å². The lowest BCUT2D eigenvalue weighted by molar-refractivity contribution is -0.139. The third-order valence-electron chi connectivity index (χ3n) is 3.22. The van der Waals surface area contributed by atoms with Crippen molar-refractivity contribution in [2.75, 3.05) is 6.54 Å². The van der Waals surface area contributed by atoms with Crippen LogP contribution >= 0.6 is 0 Å². The first kappa shape index (κ1) is 21.7. The van der Waals surface area contributed by atoms with E-state index in [0.717, 1.165) is 4.90 Å². The van der Waals surface area contributed by atoms with Crippen molar-refractivity contribution in [1.82, 2.24) is 15.5 Å². The molecule has 148 valence electrons. The SMILES string of the molecule is CC(C)(C)OC(=O)NC(=N)N(C(=O)OC(C)(C)C)C1CN[C@H](C(=O)O)C1. The van der Waals surface area contributed by atoms with Crippen LogP contribution in [-0.2, 0) is 14.3 Å². The first-order valence-corrected chi connectivity index (χ1v) is 8.26. The van der Waals surface area contributed by atoms with E-state index in [4.69, 9.17) is 20.0 Å². The van der Waals surface area contributed by atoms with E-state index in [1.54, 1.807) is 41.5 Å². The van der Waals surface area contributed by atoms with Crippen molar-refractivity contribution in [2.24, 2.45) is 0 Å². The normalized spacial score (nSPS) is 20.2. The Morgan fingerprint density at radius 2 is 1.65 bits per heavy atom. The van der Waals surface area contributed by atoms with E-state index < -0.39 is 47.4 Å². The largest absolute Gasteiger partial charge is 0.480 e. The number of ether oxygens (including phenoxy) is 2. The third kappa shape index (κ3) is 6.87. The van der Waals surface area contributed by atoms with Crippen LogP contribution in [0.15, 0.2) is 0 Å². The molecule has 4 N–H and O–H groups in total. The molecule has 1 aliphatic heterocycles. The van der Waals surface area contributed by atoms with Crippen molar-refractivity contribution < 1.29 is 29.0 Å². The Morgan fingerprint density at radius 3 is 2.08 bits per heavy atom. The topological polar surface area (TPSA) is 141 Å². The number of alkyl carbamates (subject to hydrolysis) is 1. The number of aliphatic carboxylic acids is 1. The molecule has 0 spiro atoms. The highest BCUT2D eigenvalue weighted by Gasteiger charge is 2.39. The highest BCUT2D eigenvalue weighted by Crippen LogP contribution is 2.18. The minimum atomic E-state index is -1.05. The van der Waals surface area contributed by atoms with Crippen molar-refractivity contribution in [3.63, 3.8) is 0 Å². The zero-order valence-corrected chi connectivity index (χ0v) is 16.0. The van der Waals surface area contributed by atoms with Gasteiger partial charge in [0.05, 0.1) is 6.04 Å². The molecule has 26 heavy (non-hydrogen) atoms. The van der Waals surface area contributed by atoms with Crippen molar-refractivity contribution >= 4 is 24.1 Å². The third-order valence-corrected chi connectivity index (χ3v) is 3.22. The monoisotopic (exact) mass is 372 g/mol. The number of carboxylic acids is 1. The Bertz CT molecular complexity index is 578. The number of rotatable bonds is 2. The minimum absolute atomic E-state index is 0.0763. The Balaban J connectivity index is 2.93. The van der Waals surface area contributed by atoms with Gasteiger partial charge in [0.25, 0.3) is 0 Å². The molecule has 2 amide bonds. The molecule has 1 heterocycles. The van der Waals surface area contributed by atoms with Gasteiger partial charge >= 0.3 is 18.2 Å². The fraction of sp³-hybridized carbons (Fsp3) is 0.750. The summed E-state index contributed by atoms with van der Waals surface area (Å²) >= 11 is 0. The van der Waals surface area contributed by atoms with E-state index in [0.29, 0.717) is 0 Å². The minimum Gasteiger partial charge on any atom is -0.480 e. The van der Waals surface area contributed by atoms with E-state index in [2.05, 4.69) is 10.6 Å². The van der Waals surface area contributed by atoms with Crippen LogP contribution in [0.25, 0.3) is 0 Å². The van der Waals surface area contributed by atoms with Crippen molar-refractivity contribution in [3.05, 3.63) is 0 Å². The standard InChI is InChI=1S/C16H28N4O6/c1-15(2,3)25-13(23)19-12(17)20(14(24)26-16(4,5)6)9-7-10(11(21)22)18-8-9/h9-10,18H,7-8H2,1-6H3,(H,21,22)(H2,17,19,23)/t9?,10-/m0/s1. The van der Waals surface area contributed by atoms with Crippen molar-refractivity contribution in [3.8, 4) is 0 Å². The van der Waals surface area contributed by atoms with Gasteiger partial charge in [0.15, 0.2) is 0 Å². The van der Waals surface area contributed by atoms with E-state index >= 15 is 0 Å². The second-order valence-corrected chi connectivity index (χ2v) is 8.01. The molecule has 1 unspecified atom stereocenters. The van der Waals surface area contributed by atoms with Gasteiger partial charge in [-0.15, -0.1) is 0 Å². The van der Waals surface area contributed by atoms with Gasteiger partial charge in [-0.25, -0.2) is 14.5 Å². The number of hydrogen-bond donors (Lipinski definition) is 4.